The zero-order valence-electron chi connectivity index (χ0n) is 9.23. The molecule has 84 valence electrons. The fourth-order valence-electron chi connectivity index (χ4n) is 1.28. The number of carbonyl (C=O) groups is 1. The molecular formula is C10H16N2O2S. The van der Waals surface area contributed by atoms with Gasteiger partial charge in [0.2, 0.25) is 0 Å². The van der Waals surface area contributed by atoms with Gasteiger partial charge in [0.05, 0.1) is 5.69 Å². The van der Waals surface area contributed by atoms with Crippen molar-refractivity contribution in [3.63, 3.8) is 0 Å². The lowest BCUT2D eigenvalue weighted by Crippen LogP contribution is -2.11. The lowest BCUT2D eigenvalue weighted by Gasteiger charge is -2.07. The number of carboxylic acid groups (broad SMARTS) is 1. The highest BCUT2D eigenvalue weighted by Gasteiger charge is 2.15. The van der Waals surface area contributed by atoms with Gasteiger partial charge >= 0.3 is 5.97 Å². The zero-order valence-corrected chi connectivity index (χ0v) is 10.0. The number of rotatable bonds is 5. The highest BCUT2D eigenvalue weighted by Crippen LogP contribution is 2.15. The first-order chi connectivity index (χ1) is 7.06. The number of hydrogen-bond acceptors (Lipinski definition) is 3. The van der Waals surface area contributed by atoms with Gasteiger partial charge in [0.1, 0.15) is 5.69 Å². The van der Waals surface area contributed by atoms with E-state index >= 15 is 0 Å². The molecule has 0 aliphatic heterocycles. The van der Waals surface area contributed by atoms with Crippen LogP contribution in [0.15, 0.2) is 6.07 Å². The van der Waals surface area contributed by atoms with Crippen molar-refractivity contribution in [1.82, 2.24) is 9.78 Å². The van der Waals surface area contributed by atoms with Gasteiger partial charge in [-0.25, -0.2) is 4.79 Å². The smallest absolute Gasteiger partial charge is 0.354 e. The zero-order chi connectivity index (χ0) is 11.4. The van der Waals surface area contributed by atoms with Crippen LogP contribution in [0.1, 0.15) is 43.0 Å². The van der Waals surface area contributed by atoms with Gasteiger partial charge in [0, 0.05) is 11.8 Å². The fourth-order valence-corrected chi connectivity index (χ4v) is 1.83. The lowest BCUT2D eigenvalue weighted by atomic mass is 10.3. The van der Waals surface area contributed by atoms with Crippen molar-refractivity contribution in [3.05, 3.63) is 17.5 Å². The molecule has 4 nitrogen and oxygen atoms in total. The molecule has 0 fully saturated rings. The van der Waals surface area contributed by atoms with Crippen LogP contribution in [0.3, 0.4) is 0 Å². The molecule has 0 aliphatic rings. The van der Waals surface area contributed by atoms with Gasteiger partial charge < -0.3 is 5.11 Å². The van der Waals surface area contributed by atoms with Gasteiger partial charge in [-0.1, -0.05) is 6.92 Å². The molecule has 0 amide bonds. The summed E-state index contributed by atoms with van der Waals surface area (Å²) in [5.74, 6) is 0.872. The van der Waals surface area contributed by atoms with Crippen LogP contribution in [-0.4, -0.2) is 26.6 Å². The predicted octanol–water partition coefficient (Wildman–Crippen LogP) is 2.42. The normalized spacial score (nSPS) is 10.9. The van der Waals surface area contributed by atoms with Crippen LogP contribution < -0.4 is 0 Å². The van der Waals surface area contributed by atoms with Gasteiger partial charge in [-0.05, 0) is 25.7 Å². The Bertz CT molecular complexity index is 347. The van der Waals surface area contributed by atoms with Gasteiger partial charge in [-0.3, -0.25) is 4.68 Å². The molecule has 0 aliphatic carbocycles. The third-order valence-corrected chi connectivity index (χ3v) is 2.86. The van der Waals surface area contributed by atoms with E-state index in [1.54, 1.807) is 22.5 Å². The predicted molar refractivity (Wildman–Crippen MR) is 61.4 cm³/mol. The van der Waals surface area contributed by atoms with Crippen molar-refractivity contribution < 1.29 is 9.90 Å². The van der Waals surface area contributed by atoms with E-state index in [-0.39, 0.29) is 11.7 Å². The molecule has 0 aromatic carbocycles. The molecule has 1 rings (SSSR count). The number of thioether (sulfide) groups is 1. The molecule has 1 N–H and O–H groups in total. The first-order valence-electron chi connectivity index (χ1n) is 4.95. The van der Waals surface area contributed by atoms with E-state index in [0.29, 0.717) is 0 Å². The Balaban J connectivity index is 2.93. The Labute approximate surface area is 93.7 Å². The molecule has 0 radical (unpaired) electrons. The van der Waals surface area contributed by atoms with Crippen LogP contribution in [0.2, 0.25) is 0 Å². The minimum absolute atomic E-state index is 0.0801. The van der Waals surface area contributed by atoms with Crippen LogP contribution in [-0.2, 0) is 5.75 Å². The summed E-state index contributed by atoms with van der Waals surface area (Å²) >= 11 is 1.74. The van der Waals surface area contributed by atoms with Crippen LogP contribution >= 0.6 is 11.8 Å². The summed E-state index contributed by atoms with van der Waals surface area (Å²) in [5, 5.41) is 13.3. The average Bonchev–Trinajstić information content (AvgIpc) is 2.58. The third kappa shape index (κ3) is 2.99. The molecule has 0 saturated carbocycles. The first kappa shape index (κ1) is 12.1. The van der Waals surface area contributed by atoms with Crippen molar-refractivity contribution in [2.75, 3.05) is 5.75 Å². The number of hydrogen-bond donors (Lipinski definition) is 1. The summed E-state index contributed by atoms with van der Waals surface area (Å²) in [7, 11) is 0. The van der Waals surface area contributed by atoms with E-state index < -0.39 is 5.97 Å². The molecule has 0 unspecified atom stereocenters. The van der Waals surface area contributed by atoms with Crippen LogP contribution in [0, 0.1) is 0 Å². The molecule has 0 atom stereocenters. The summed E-state index contributed by atoms with van der Waals surface area (Å²) in [6, 6.07) is 1.74. The number of nitrogens with zero attached hydrogens (tertiary/aromatic N) is 2. The number of carboxylic acids is 1. The van der Waals surface area contributed by atoms with E-state index in [9.17, 15) is 4.79 Å². The van der Waals surface area contributed by atoms with Gasteiger partial charge in [0.25, 0.3) is 0 Å². The van der Waals surface area contributed by atoms with Crippen LogP contribution in [0.5, 0.6) is 0 Å². The second-order valence-electron chi connectivity index (χ2n) is 3.50. The lowest BCUT2D eigenvalue weighted by molar-refractivity contribution is 0.0681. The van der Waals surface area contributed by atoms with E-state index in [1.807, 2.05) is 13.8 Å². The van der Waals surface area contributed by atoms with Gasteiger partial charge in [-0.15, -0.1) is 0 Å². The number of aromatic nitrogens is 2. The Morgan fingerprint density at radius 1 is 1.67 bits per heavy atom. The Morgan fingerprint density at radius 3 is 2.73 bits per heavy atom. The van der Waals surface area contributed by atoms with E-state index in [1.165, 1.54) is 0 Å². The molecule has 1 aromatic heterocycles. The van der Waals surface area contributed by atoms with Crippen molar-refractivity contribution in [2.45, 2.75) is 32.6 Å². The van der Waals surface area contributed by atoms with Crippen molar-refractivity contribution in [1.29, 1.82) is 0 Å². The maximum atomic E-state index is 10.9. The SMILES string of the molecule is CCSCc1cc(C(=O)O)n(C(C)C)n1. The van der Waals surface area contributed by atoms with Crippen LogP contribution in [0.4, 0.5) is 0 Å². The Morgan fingerprint density at radius 2 is 2.33 bits per heavy atom. The standard InChI is InChI=1S/C10H16N2O2S/c1-4-15-6-8-5-9(10(13)14)12(11-8)7(2)3/h5,7H,4,6H2,1-3H3,(H,13,14). The summed E-state index contributed by atoms with van der Waals surface area (Å²) in [6.07, 6.45) is 0. The third-order valence-electron chi connectivity index (χ3n) is 1.95. The molecule has 1 aromatic rings. The highest BCUT2D eigenvalue weighted by atomic mass is 32.2. The van der Waals surface area contributed by atoms with E-state index in [0.717, 1.165) is 17.2 Å². The largest absolute Gasteiger partial charge is 0.477 e. The summed E-state index contributed by atoms with van der Waals surface area (Å²) < 4.78 is 1.56. The molecule has 0 saturated heterocycles. The first-order valence-corrected chi connectivity index (χ1v) is 6.11. The Hall–Kier alpha value is -0.970. The summed E-state index contributed by atoms with van der Waals surface area (Å²) in [4.78, 5) is 10.9. The minimum Gasteiger partial charge on any atom is -0.477 e. The average molecular weight is 228 g/mol. The van der Waals surface area contributed by atoms with Crippen molar-refractivity contribution in [3.8, 4) is 0 Å². The van der Waals surface area contributed by atoms with Gasteiger partial charge in [-0.2, -0.15) is 16.9 Å². The second-order valence-corrected chi connectivity index (χ2v) is 4.78. The quantitative estimate of drug-likeness (QED) is 0.840. The maximum absolute atomic E-state index is 10.9. The molecule has 5 heteroatoms. The summed E-state index contributed by atoms with van der Waals surface area (Å²) in [5.41, 5.74) is 1.12. The van der Waals surface area contributed by atoms with Crippen molar-refractivity contribution >= 4 is 17.7 Å². The number of aromatic carboxylic acids is 1. The molecule has 0 bridgehead atoms. The minimum atomic E-state index is -0.913. The summed E-state index contributed by atoms with van der Waals surface area (Å²) in [6.45, 7) is 5.93. The highest BCUT2D eigenvalue weighted by molar-refractivity contribution is 7.98. The van der Waals surface area contributed by atoms with E-state index in [2.05, 4.69) is 12.0 Å². The molecule has 1 heterocycles. The maximum Gasteiger partial charge on any atom is 0.354 e. The molecule has 15 heavy (non-hydrogen) atoms. The van der Waals surface area contributed by atoms with E-state index in [4.69, 9.17) is 5.11 Å². The second kappa shape index (κ2) is 5.21. The van der Waals surface area contributed by atoms with Crippen molar-refractivity contribution in [2.24, 2.45) is 0 Å². The topological polar surface area (TPSA) is 55.1 Å². The molecule has 0 spiro atoms. The molecular weight excluding hydrogens is 212 g/mol. The van der Waals surface area contributed by atoms with Gasteiger partial charge in [0.15, 0.2) is 0 Å². The van der Waals surface area contributed by atoms with Crippen LogP contribution in [0.25, 0.3) is 0 Å². The Kier molecular flexibility index (Phi) is 4.20. The monoisotopic (exact) mass is 228 g/mol. The fraction of sp³-hybridized carbons (Fsp3) is 0.600.